The van der Waals surface area contributed by atoms with Crippen LogP contribution in [0.2, 0.25) is 0 Å². The van der Waals surface area contributed by atoms with Crippen molar-refractivity contribution in [1.82, 2.24) is 9.55 Å². The van der Waals surface area contributed by atoms with Crippen molar-refractivity contribution in [2.75, 3.05) is 14.2 Å². The van der Waals surface area contributed by atoms with E-state index >= 15 is 0 Å². The number of nitrogens with one attached hydrogen (secondary N) is 1. The molecular weight excluding hydrogens is 352 g/mol. The fraction of sp³-hybridized carbons (Fsp3) is 0.133. The van der Waals surface area contributed by atoms with E-state index in [2.05, 4.69) is 20.9 Å². The topological polar surface area (TPSA) is 39.2 Å². The van der Waals surface area contributed by atoms with E-state index < -0.39 is 0 Å². The summed E-state index contributed by atoms with van der Waals surface area (Å²) in [5.41, 5.74) is 2.83. The Morgan fingerprint density at radius 1 is 1.05 bits per heavy atom. The van der Waals surface area contributed by atoms with Crippen molar-refractivity contribution < 1.29 is 9.47 Å². The highest BCUT2D eigenvalue weighted by atomic mass is 79.9. The molecule has 0 radical (unpaired) electrons. The minimum atomic E-state index is 0.618. The molecule has 0 atom stereocenters. The van der Waals surface area contributed by atoms with Gasteiger partial charge in [0.25, 0.3) is 0 Å². The molecule has 2 aromatic carbocycles. The van der Waals surface area contributed by atoms with Crippen LogP contribution in [0.3, 0.4) is 0 Å². The minimum Gasteiger partial charge on any atom is -0.497 e. The maximum Gasteiger partial charge on any atom is 0.182 e. The first-order valence-electron chi connectivity index (χ1n) is 6.26. The highest BCUT2D eigenvalue weighted by molar-refractivity contribution is 9.10. The van der Waals surface area contributed by atoms with E-state index in [0.29, 0.717) is 4.77 Å². The Bertz CT molecular complexity index is 870. The van der Waals surface area contributed by atoms with Gasteiger partial charge in [-0.2, -0.15) is 0 Å². The maximum absolute atomic E-state index is 5.46. The van der Waals surface area contributed by atoms with Crippen molar-refractivity contribution in [1.29, 1.82) is 0 Å². The van der Waals surface area contributed by atoms with Crippen LogP contribution in [-0.4, -0.2) is 23.8 Å². The zero-order valence-electron chi connectivity index (χ0n) is 11.5. The Kier molecular flexibility index (Phi) is 3.73. The number of aromatic amines is 1. The van der Waals surface area contributed by atoms with E-state index in [4.69, 9.17) is 21.7 Å². The van der Waals surface area contributed by atoms with Crippen LogP contribution in [0.4, 0.5) is 0 Å². The van der Waals surface area contributed by atoms with Gasteiger partial charge >= 0.3 is 0 Å². The van der Waals surface area contributed by atoms with Crippen LogP contribution in [0, 0.1) is 4.77 Å². The van der Waals surface area contributed by atoms with Gasteiger partial charge in [-0.25, -0.2) is 0 Å². The number of nitrogens with zero attached hydrogens (tertiary/aromatic N) is 1. The van der Waals surface area contributed by atoms with Gasteiger partial charge in [0, 0.05) is 16.6 Å². The molecule has 1 heterocycles. The van der Waals surface area contributed by atoms with E-state index in [1.807, 2.05) is 41.0 Å². The van der Waals surface area contributed by atoms with Gasteiger partial charge in [-0.15, -0.1) is 0 Å². The number of benzene rings is 2. The molecule has 108 valence electrons. The van der Waals surface area contributed by atoms with Crippen molar-refractivity contribution in [3.63, 3.8) is 0 Å². The summed E-state index contributed by atoms with van der Waals surface area (Å²) in [4.78, 5) is 3.20. The predicted molar refractivity (Wildman–Crippen MR) is 89.3 cm³/mol. The zero-order valence-corrected chi connectivity index (χ0v) is 13.9. The lowest BCUT2D eigenvalue weighted by molar-refractivity contribution is 0.414. The summed E-state index contributed by atoms with van der Waals surface area (Å²) >= 11 is 9.03. The van der Waals surface area contributed by atoms with E-state index in [9.17, 15) is 0 Å². The highest BCUT2D eigenvalue weighted by Gasteiger charge is 2.11. The largest absolute Gasteiger partial charge is 0.497 e. The van der Waals surface area contributed by atoms with Crippen LogP contribution in [0.1, 0.15) is 0 Å². The number of methoxy groups -OCH3 is 2. The molecule has 0 saturated carbocycles. The number of fused-ring (bicyclic) bond motifs is 1. The Hall–Kier alpha value is -1.79. The van der Waals surface area contributed by atoms with Crippen LogP contribution < -0.4 is 9.47 Å². The summed E-state index contributed by atoms with van der Waals surface area (Å²) in [5, 5.41) is 0. The number of halogens is 1. The first-order chi connectivity index (χ1) is 10.1. The average Bonchev–Trinajstić information content (AvgIpc) is 2.82. The fourth-order valence-corrected chi connectivity index (χ4v) is 2.98. The summed E-state index contributed by atoms with van der Waals surface area (Å²) < 4.78 is 14.1. The van der Waals surface area contributed by atoms with Crippen LogP contribution >= 0.6 is 28.1 Å². The molecule has 0 unspecified atom stereocenters. The van der Waals surface area contributed by atoms with Gasteiger partial charge in [-0.3, -0.25) is 4.57 Å². The molecule has 0 aliphatic carbocycles. The molecule has 0 fully saturated rings. The summed E-state index contributed by atoms with van der Waals surface area (Å²) in [5.74, 6) is 1.56. The molecule has 0 aliphatic rings. The maximum atomic E-state index is 5.46. The number of hydrogen-bond donors (Lipinski definition) is 1. The molecule has 0 amide bonds. The summed E-state index contributed by atoms with van der Waals surface area (Å²) in [7, 11) is 3.29. The second-order valence-corrected chi connectivity index (χ2v) is 5.71. The minimum absolute atomic E-state index is 0.618. The number of H-pyrrole nitrogens is 1. The Morgan fingerprint density at radius 2 is 1.71 bits per heavy atom. The van der Waals surface area contributed by atoms with Crippen molar-refractivity contribution >= 4 is 39.2 Å². The summed E-state index contributed by atoms with van der Waals surface area (Å²) in [6.45, 7) is 0. The number of rotatable bonds is 3. The molecule has 3 aromatic rings. The molecule has 0 bridgehead atoms. The summed E-state index contributed by atoms with van der Waals surface area (Å²) in [6.07, 6.45) is 0. The van der Waals surface area contributed by atoms with Gasteiger partial charge in [-0.05, 0) is 52.4 Å². The second-order valence-electron chi connectivity index (χ2n) is 4.47. The lowest BCUT2D eigenvalue weighted by atomic mass is 10.2. The van der Waals surface area contributed by atoms with Gasteiger partial charge in [0.15, 0.2) is 4.77 Å². The van der Waals surface area contributed by atoms with Crippen LogP contribution in [0.25, 0.3) is 16.7 Å². The second kappa shape index (κ2) is 5.54. The quantitative estimate of drug-likeness (QED) is 0.697. The molecule has 21 heavy (non-hydrogen) atoms. The Balaban J connectivity index is 2.30. The Labute approximate surface area is 135 Å². The van der Waals surface area contributed by atoms with Crippen molar-refractivity contribution in [2.45, 2.75) is 0 Å². The van der Waals surface area contributed by atoms with Gasteiger partial charge in [0.1, 0.15) is 11.5 Å². The fourth-order valence-electron chi connectivity index (χ4n) is 2.25. The molecule has 6 heteroatoms. The van der Waals surface area contributed by atoms with Crippen LogP contribution in [0.5, 0.6) is 11.5 Å². The molecule has 4 nitrogen and oxygen atoms in total. The third kappa shape index (κ3) is 2.45. The summed E-state index contributed by atoms with van der Waals surface area (Å²) in [6, 6.07) is 11.6. The third-order valence-electron chi connectivity index (χ3n) is 3.28. The standard InChI is InChI=1S/C15H13BrN2O2S/c1-19-9-4-6-13-12(7-9)17-15(21)18(13)14-8-10(20-2)3-5-11(14)16/h3-8H,1-2H3,(H,17,21). The average molecular weight is 365 g/mol. The number of hydrogen-bond acceptors (Lipinski definition) is 3. The normalized spacial score (nSPS) is 10.8. The SMILES string of the molecule is COc1ccc(Br)c(-n2c(=S)[nH]c3cc(OC)ccc32)c1. The monoisotopic (exact) mass is 364 g/mol. The number of imidazole rings is 1. The van der Waals surface area contributed by atoms with E-state index in [1.54, 1.807) is 14.2 Å². The lowest BCUT2D eigenvalue weighted by Crippen LogP contribution is -1.96. The smallest absolute Gasteiger partial charge is 0.182 e. The molecule has 0 aliphatic heterocycles. The van der Waals surface area contributed by atoms with E-state index in [1.165, 1.54) is 0 Å². The first-order valence-corrected chi connectivity index (χ1v) is 7.47. The molecule has 0 saturated heterocycles. The van der Waals surface area contributed by atoms with Gasteiger partial charge in [-0.1, -0.05) is 0 Å². The van der Waals surface area contributed by atoms with Crippen molar-refractivity contribution in [3.8, 4) is 17.2 Å². The third-order valence-corrected chi connectivity index (χ3v) is 4.24. The van der Waals surface area contributed by atoms with Crippen LogP contribution in [-0.2, 0) is 0 Å². The highest BCUT2D eigenvalue weighted by Crippen LogP contribution is 2.30. The van der Waals surface area contributed by atoms with Crippen molar-refractivity contribution in [2.24, 2.45) is 0 Å². The first kappa shape index (κ1) is 14.2. The van der Waals surface area contributed by atoms with Gasteiger partial charge in [0.05, 0.1) is 30.9 Å². The zero-order chi connectivity index (χ0) is 15.0. The predicted octanol–water partition coefficient (Wildman–Crippen LogP) is 4.47. The van der Waals surface area contributed by atoms with Crippen LogP contribution in [0.15, 0.2) is 40.9 Å². The van der Waals surface area contributed by atoms with Gasteiger partial charge < -0.3 is 14.5 Å². The van der Waals surface area contributed by atoms with E-state index in [-0.39, 0.29) is 0 Å². The Morgan fingerprint density at radius 3 is 2.43 bits per heavy atom. The van der Waals surface area contributed by atoms with Gasteiger partial charge in [0.2, 0.25) is 0 Å². The lowest BCUT2D eigenvalue weighted by Gasteiger charge is -2.09. The molecule has 3 rings (SSSR count). The molecule has 1 N–H and O–H groups in total. The number of aromatic nitrogens is 2. The van der Waals surface area contributed by atoms with E-state index in [0.717, 1.165) is 32.7 Å². The number of ether oxygens (including phenoxy) is 2. The molecule has 1 aromatic heterocycles. The van der Waals surface area contributed by atoms with Crippen molar-refractivity contribution in [3.05, 3.63) is 45.6 Å². The molecule has 0 spiro atoms. The molecular formula is C15H13BrN2O2S.